The van der Waals surface area contributed by atoms with Crippen molar-refractivity contribution in [3.63, 3.8) is 0 Å². The number of amides is 1. The van der Waals surface area contributed by atoms with E-state index in [2.05, 4.69) is 24.3 Å². The molecule has 140 valence electrons. The number of ether oxygens (including phenoxy) is 1. The second-order valence-corrected chi connectivity index (χ2v) is 6.31. The molecule has 1 heterocycles. The number of carbonyl (C=O) groups excluding carboxylic acids is 1. The molecule has 0 unspecified atom stereocenters. The SMILES string of the molecule is CCCCOc1ccc(-c2cc(C(=O)Nc3ccc(CC)cc3)no2)cc1. The van der Waals surface area contributed by atoms with Crippen LogP contribution in [0, 0.1) is 0 Å². The van der Waals surface area contributed by atoms with E-state index < -0.39 is 0 Å². The summed E-state index contributed by atoms with van der Waals surface area (Å²) in [6.07, 6.45) is 3.09. The summed E-state index contributed by atoms with van der Waals surface area (Å²) in [5, 5.41) is 6.72. The van der Waals surface area contributed by atoms with Crippen LogP contribution >= 0.6 is 0 Å². The summed E-state index contributed by atoms with van der Waals surface area (Å²) in [5.74, 6) is 1.07. The van der Waals surface area contributed by atoms with Crippen LogP contribution in [0.2, 0.25) is 0 Å². The molecule has 1 N–H and O–H groups in total. The zero-order valence-corrected chi connectivity index (χ0v) is 15.7. The van der Waals surface area contributed by atoms with Gasteiger partial charge in [0.25, 0.3) is 5.91 Å². The van der Waals surface area contributed by atoms with E-state index in [0.717, 1.165) is 36.3 Å². The molecule has 5 nitrogen and oxygen atoms in total. The fraction of sp³-hybridized carbons (Fsp3) is 0.273. The van der Waals surface area contributed by atoms with Crippen molar-refractivity contribution in [1.29, 1.82) is 0 Å². The molecule has 2 aromatic carbocycles. The van der Waals surface area contributed by atoms with Gasteiger partial charge in [0.1, 0.15) is 5.75 Å². The minimum atomic E-state index is -0.297. The first-order chi connectivity index (χ1) is 13.2. The van der Waals surface area contributed by atoms with Gasteiger partial charge in [0.05, 0.1) is 6.61 Å². The van der Waals surface area contributed by atoms with Crippen LogP contribution in [-0.2, 0) is 6.42 Å². The molecule has 1 amide bonds. The zero-order valence-electron chi connectivity index (χ0n) is 15.7. The number of rotatable bonds is 8. The van der Waals surface area contributed by atoms with Crippen molar-refractivity contribution in [3.05, 3.63) is 65.9 Å². The quantitative estimate of drug-likeness (QED) is 0.548. The smallest absolute Gasteiger partial charge is 0.277 e. The number of anilines is 1. The van der Waals surface area contributed by atoms with Crippen molar-refractivity contribution >= 4 is 11.6 Å². The molecule has 0 aliphatic heterocycles. The Morgan fingerprint density at radius 3 is 2.48 bits per heavy atom. The molecule has 0 bridgehead atoms. The average molecular weight is 364 g/mol. The lowest BCUT2D eigenvalue weighted by Gasteiger charge is -2.05. The van der Waals surface area contributed by atoms with E-state index >= 15 is 0 Å². The van der Waals surface area contributed by atoms with Crippen LogP contribution in [0.3, 0.4) is 0 Å². The van der Waals surface area contributed by atoms with E-state index in [1.54, 1.807) is 6.07 Å². The van der Waals surface area contributed by atoms with E-state index in [0.29, 0.717) is 12.4 Å². The first-order valence-electron chi connectivity index (χ1n) is 9.30. The zero-order chi connectivity index (χ0) is 19.1. The van der Waals surface area contributed by atoms with Crippen LogP contribution in [0.5, 0.6) is 5.75 Å². The molecule has 0 atom stereocenters. The van der Waals surface area contributed by atoms with E-state index in [1.165, 1.54) is 5.56 Å². The summed E-state index contributed by atoms with van der Waals surface area (Å²) in [7, 11) is 0. The van der Waals surface area contributed by atoms with E-state index in [9.17, 15) is 4.79 Å². The van der Waals surface area contributed by atoms with Crippen LogP contribution in [0.4, 0.5) is 5.69 Å². The fourth-order valence-electron chi connectivity index (χ4n) is 2.59. The highest BCUT2D eigenvalue weighted by atomic mass is 16.5. The maximum atomic E-state index is 12.4. The normalized spacial score (nSPS) is 10.6. The van der Waals surface area contributed by atoms with Crippen LogP contribution in [0.15, 0.2) is 59.1 Å². The molecule has 3 rings (SSSR count). The second-order valence-electron chi connectivity index (χ2n) is 6.31. The lowest BCUT2D eigenvalue weighted by molar-refractivity contribution is 0.101. The van der Waals surface area contributed by atoms with Crippen molar-refractivity contribution in [2.75, 3.05) is 11.9 Å². The summed E-state index contributed by atoms with van der Waals surface area (Å²) in [4.78, 5) is 12.4. The first kappa shape index (κ1) is 18.7. The summed E-state index contributed by atoms with van der Waals surface area (Å²) < 4.78 is 11.0. The van der Waals surface area contributed by atoms with Crippen molar-refractivity contribution in [2.24, 2.45) is 0 Å². The van der Waals surface area contributed by atoms with Gasteiger partial charge in [-0.05, 0) is 54.8 Å². The van der Waals surface area contributed by atoms with Crippen molar-refractivity contribution in [3.8, 4) is 17.1 Å². The lowest BCUT2D eigenvalue weighted by atomic mass is 10.1. The number of aryl methyl sites for hydroxylation is 1. The highest BCUT2D eigenvalue weighted by molar-refractivity contribution is 6.03. The Kier molecular flexibility index (Phi) is 6.26. The molecule has 1 aromatic heterocycles. The Balaban J connectivity index is 1.63. The summed E-state index contributed by atoms with van der Waals surface area (Å²) >= 11 is 0. The molecule has 3 aromatic rings. The van der Waals surface area contributed by atoms with E-state index in [-0.39, 0.29) is 11.6 Å². The molecule has 0 saturated heterocycles. The van der Waals surface area contributed by atoms with Gasteiger partial charge < -0.3 is 14.6 Å². The molecule has 0 spiro atoms. The fourth-order valence-corrected chi connectivity index (χ4v) is 2.59. The van der Waals surface area contributed by atoms with Gasteiger partial charge in [-0.15, -0.1) is 0 Å². The van der Waals surface area contributed by atoms with Gasteiger partial charge in [-0.25, -0.2) is 0 Å². The molecule has 0 radical (unpaired) electrons. The standard InChI is InChI=1S/C22H24N2O3/c1-3-5-14-26-19-12-8-17(9-13-19)21-15-20(24-27-21)22(25)23-18-10-6-16(4-2)7-11-18/h6-13,15H,3-5,14H2,1-2H3,(H,23,25). The maximum absolute atomic E-state index is 12.4. The number of aromatic nitrogens is 1. The number of carbonyl (C=O) groups is 1. The minimum Gasteiger partial charge on any atom is -0.494 e. The molecule has 0 fully saturated rings. The third-order valence-electron chi connectivity index (χ3n) is 4.27. The molecule has 27 heavy (non-hydrogen) atoms. The van der Waals surface area contributed by atoms with Gasteiger partial charge in [-0.1, -0.05) is 37.6 Å². The van der Waals surface area contributed by atoms with Gasteiger partial charge in [0, 0.05) is 17.3 Å². The van der Waals surface area contributed by atoms with Crippen LogP contribution in [0.1, 0.15) is 42.7 Å². The van der Waals surface area contributed by atoms with Gasteiger partial charge in [0.2, 0.25) is 0 Å². The topological polar surface area (TPSA) is 64.4 Å². The Morgan fingerprint density at radius 1 is 1.07 bits per heavy atom. The summed E-state index contributed by atoms with van der Waals surface area (Å²) in [5.41, 5.74) is 3.04. The molecule has 0 aliphatic rings. The van der Waals surface area contributed by atoms with Crippen LogP contribution < -0.4 is 10.1 Å². The second kappa shape index (κ2) is 9.03. The molecular weight excluding hydrogens is 340 g/mol. The van der Waals surface area contributed by atoms with Crippen molar-refractivity contribution < 1.29 is 14.1 Å². The van der Waals surface area contributed by atoms with E-state index in [1.807, 2.05) is 48.5 Å². The number of hydrogen-bond donors (Lipinski definition) is 1. The van der Waals surface area contributed by atoms with Crippen molar-refractivity contribution in [1.82, 2.24) is 5.16 Å². The number of nitrogens with zero attached hydrogens (tertiary/aromatic N) is 1. The van der Waals surface area contributed by atoms with Gasteiger partial charge in [-0.2, -0.15) is 0 Å². The highest BCUT2D eigenvalue weighted by Gasteiger charge is 2.14. The first-order valence-corrected chi connectivity index (χ1v) is 9.30. The number of hydrogen-bond acceptors (Lipinski definition) is 4. The average Bonchev–Trinajstić information content (AvgIpc) is 3.20. The number of nitrogens with one attached hydrogen (secondary N) is 1. The third kappa shape index (κ3) is 4.97. The van der Waals surface area contributed by atoms with Gasteiger partial charge in [0.15, 0.2) is 11.5 Å². The third-order valence-corrected chi connectivity index (χ3v) is 4.27. The Bertz CT molecular complexity index is 867. The highest BCUT2D eigenvalue weighted by Crippen LogP contribution is 2.24. The number of unbranched alkanes of at least 4 members (excludes halogenated alkanes) is 1. The summed E-state index contributed by atoms with van der Waals surface area (Å²) in [6.45, 7) is 4.93. The van der Waals surface area contributed by atoms with Crippen molar-refractivity contribution in [2.45, 2.75) is 33.1 Å². The molecule has 5 heteroatoms. The predicted molar refractivity (Wildman–Crippen MR) is 106 cm³/mol. The van der Waals surface area contributed by atoms with Crippen LogP contribution in [0.25, 0.3) is 11.3 Å². The van der Waals surface area contributed by atoms with E-state index in [4.69, 9.17) is 9.26 Å². The Morgan fingerprint density at radius 2 is 1.81 bits per heavy atom. The number of benzene rings is 2. The largest absolute Gasteiger partial charge is 0.494 e. The Hall–Kier alpha value is -3.08. The molecule has 0 saturated carbocycles. The summed E-state index contributed by atoms with van der Waals surface area (Å²) in [6, 6.07) is 17.0. The molecular formula is C22H24N2O3. The Labute approximate surface area is 159 Å². The van der Waals surface area contributed by atoms with Crippen LogP contribution in [-0.4, -0.2) is 17.7 Å². The van der Waals surface area contributed by atoms with Gasteiger partial charge >= 0.3 is 0 Å². The monoisotopic (exact) mass is 364 g/mol. The lowest BCUT2D eigenvalue weighted by Crippen LogP contribution is -2.12. The predicted octanol–water partition coefficient (Wildman–Crippen LogP) is 5.34. The molecule has 0 aliphatic carbocycles. The maximum Gasteiger partial charge on any atom is 0.277 e. The van der Waals surface area contributed by atoms with Gasteiger partial charge in [-0.3, -0.25) is 4.79 Å². The minimum absolute atomic E-state index is 0.243.